The number of rotatable bonds is 1. The molecule has 0 N–H and O–H groups in total. The summed E-state index contributed by atoms with van der Waals surface area (Å²) in [6, 6.07) is 0. The Morgan fingerprint density at radius 2 is 1.44 bits per heavy atom. The van der Waals surface area contributed by atoms with Gasteiger partial charge in [-0.3, -0.25) is 0 Å². The monoisotopic (exact) mass is 170 g/mol. The lowest BCUT2D eigenvalue weighted by Gasteiger charge is -2.15. The van der Waals surface area contributed by atoms with Crippen LogP contribution in [-0.2, 0) is 0 Å². The third-order valence-electron chi connectivity index (χ3n) is 0.517. The first-order valence-electron chi connectivity index (χ1n) is 2.57. The Morgan fingerprint density at radius 1 is 1.11 bits per heavy atom. The van der Waals surface area contributed by atoms with Crippen molar-refractivity contribution in [2.75, 3.05) is 0 Å². The number of alkyl halides is 3. The van der Waals surface area contributed by atoms with Crippen LogP contribution in [0, 0.1) is 0 Å². The molecule has 0 aromatic rings. The predicted molar refractivity (Wildman–Crippen MR) is 35.2 cm³/mol. The molecule has 0 bridgehead atoms. The second kappa shape index (κ2) is 2.45. The van der Waals surface area contributed by atoms with Crippen molar-refractivity contribution in [1.82, 2.24) is 0 Å². The van der Waals surface area contributed by atoms with Crippen LogP contribution < -0.4 is 0 Å². The maximum atomic E-state index is 11.6. The first kappa shape index (κ1) is 9.22. The van der Waals surface area contributed by atoms with E-state index in [1.165, 1.54) is 0 Å². The summed E-state index contributed by atoms with van der Waals surface area (Å²) in [7, 11) is -2.70. The minimum absolute atomic E-state index is 0.810. The van der Waals surface area contributed by atoms with E-state index in [1.54, 1.807) is 19.6 Å². The molecule has 5 heteroatoms. The molecular formula is C4H9F3Si2. The molecule has 0 amide bonds. The minimum atomic E-state index is -3.93. The summed E-state index contributed by atoms with van der Waals surface area (Å²) < 4.78 is 34.8. The van der Waals surface area contributed by atoms with Gasteiger partial charge in [0.1, 0.15) is 0 Å². The average Bonchev–Trinajstić information content (AvgIpc) is 1.14. The molecule has 0 heterocycles. The van der Waals surface area contributed by atoms with Gasteiger partial charge in [0, 0.05) is 7.59 Å². The van der Waals surface area contributed by atoms with Crippen molar-refractivity contribution in [3.05, 3.63) is 0 Å². The first-order chi connectivity index (χ1) is 3.71. The van der Waals surface area contributed by atoms with E-state index in [0.717, 1.165) is 0 Å². The van der Waals surface area contributed by atoms with E-state index in [1.807, 2.05) is 0 Å². The number of hydrogen-bond donors (Lipinski definition) is 0. The molecule has 0 nitrogen and oxygen atoms in total. The Balaban J connectivity index is 3.75. The lowest BCUT2D eigenvalue weighted by atomic mass is 11.5. The van der Waals surface area contributed by atoms with E-state index in [-0.39, 0.29) is 0 Å². The predicted octanol–water partition coefficient (Wildman–Crippen LogP) is 2.05. The molecule has 2 radical (unpaired) electrons. The summed E-state index contributed by atoms with van der Waals surface area (Å²) in [5, 5.41) is 0. The van der Waals surface area contributed by atoms with E-state index in [4.69, 9.17) is 0 Å². The maximum Gasteiger partial charge on any atom is 0.354 e. The van der Waals surface area contributed by atoms with Crippen LogP contribution in [0.5, 0.6) is 0 Å². The Labute approximate surface area is 56.1 Å². The van der Waals surface area contributed by atoms with Crippen molar-refractivity contribution < 1.29 is 13.2 Å². The van der Waals surface area contributed by atoms with Crippen LogP contribution in [0.1, 0.15) is 0 Å². The summed E-state index contributed by atoms with van der Waals surface area (Å²) in [6.07, 6.45) is 0. The molecule has 0 saturated heterocycles. The van der Waals surface area contributed by atoms with Gasteiger partial charge in [-0.05, 0) is 0 Å². The second-order valence-corrected chi connectivity index (χ2v) is 13.4. The molecule has 0 aromatic carbocycles. The Bertz CT molecular complexity index is 79.0. The summed E-state index contributed by atoms with van der Waals surface area (Å²) in [6.45, 7) is 5.16. The largest absolute Gasteiger partial charge is 0.354 e. The van der Waals surface area contributed by atoms with Crippen LogP contribution >= 0.6 is 0 Å². The van der Waals surface area contributed by atoms with Gasteiger partial charge in [0.05, 0.1) is 0 Å². The highest BCUT2D eigenvalue weighted by atomic mass is 29.2. The SMILES string of the molecule is C[Si](C)(C)[Si]C(F)(F)F. The third-order valence-corrected chi connectivity index (χ3v) is 4.65. The Hall–Kier alpha value is 0.224. The zero-order chi connectivity index (χ0) is 7.71. The van der Waals surface area contributed by atoms with E-state index in [2.05, 4.69) is 0 Å². The molecule has 0 fully saturated rings. The summed E-state index contributed by atoms with van der Waals surface area (Å²) in [5.41, 5.74) is 0. The van der Waals surface area contributed by atoms with Gasteiger partial charge in [-0.1, -0.05) is 19.6 Å². The third kappa shape index (κ3) is 8.22. The van der Waals surface area contributed by atoms with E-state index < -0.39 is 22.4 Å². The molecule has 0 aliphatic carbocycles. The molecule has 0 spiro atoms. The van der Waals surface area contributed by atoms with E-state index in [9.17, 15) is 13.2 Å². The van der Waals surface area contributed by atoms with Crippen molar-refractivity contribution in [2.24, 2.45) is 0 Å². The highest BCUT2D eigenvalue weighted by molar-refractivity contribution is 7.23. The second-order valence-electron chi connectivity index (χ2n) is 2.87. The fourth-order valence-electron chi connectivity index (χ4n) is 0.425. The number of halogens is 3. The van der Waals surface area contributed by atoms with Gasteiger partial charge in [0.2, 0.25) is 0 Å². The first-order valence-corrected chi connectivity index (χ1v) is 8.07. The zero-order valence-electron chi connectivity index (χ0n) is 5.63. The topological polar surface area (TPSA) is 0 Å². The van der Waals surface area contributed by atoms with Crippen LogP contribution in [0.3, 0.4) is 0 Å². The van der Waals surface area contributed by atoms with Gasteiger partial charge in [-0.25, -0.2) is 0 Å². The lowest BCUT2D eigenvalue weighted by molar-refractivity contribution is -0.0448. The minimum Gasteiger partial charge on any atom is -0.178 e. The zero-order valence-corrected chi connectivity index (χ0v) is 7.63. The summed E-state index contributed by atoms with van der Waals surface area (Å²) in [4.78, 5) is 0. The van der Waals surface area contributed by atoms with Gasteiger partial charge in [-0.15, -0.1) is 0 Å². The van der Waals surface area contributed by atoms with Crippen molar-refractivity contribution in [1.29, 1.82) is 0 Å². The van der Waals surface area contributed by atoms with E-state index >= 15 is 0 Å². The average molecular weight is 170 g/mol. The van der Waals surface area contributed by atoms with Gasteiger partial charge >= 0.3 is 5.80 Å². The van der Waals surface area contributed by atoms with Crippen molar-refractivity contribution in [2.45, 2.75) is 25.4 Å². The molecular weight excluding hydrogens is 161 g/mol. The molecule has 54 valence electrons. The van der Waals surface area contributed by atoms with Crippen LogP contribution in [0.15, 0.2) is 0 Å². The molecule has 0 aromatic heterocycles. The Morgan fingerprint density at radius 3 is 1.44 bits per heavy atom. The molecule has 0 rings (SSSR count). The molecule has 0 aliphatic rings. The van der Waals surface area contributed by atoms with Gasteiger partial charge in [0.25, 0.3) is 0 Å². The fourth-order valence-corrected chi connectivity index (χ4v) is 3.83. The van der Waals surface area contributed by atoms with Crippen molar-refractivity contribution in [3.63, 3.8) is 0 Å². The number of hydrogen-bond acceptors (Lipinski definition) is 0. The normalized spacial score (nSPS) is 14.0. The van der Waals surface area contributed by atoms with Crippen molar-refractivity contribution >= 4 is 16.6 Å². The van der Waals surface area contributed by atoms with Gasteiger partial charge in [0.15, 0.2) is 9.04 Å². The maximum absolute atomic E-state index is 11.6. The van der Waals surface area contributed by atoms with Gasteiger partial charge in [-0.2, -0.15) is 13.2 Å². The van der Waals surface area contributed by atoms with E-state index in [0.29, 0.717) is 0 Å². The highest BCUT2D eigenvalue weighted by Crippen LogP contribution is 2.17. The summed E-state index contributed by atoms with van der Waals surface area (Å²) in [5.74, 6) is -3.93. The fraction of sp³-hybridized carbons (Fsp3) is 1.00. The van der Waals surface area contributed by atoms with Crippen LogP contribution in [-0.4, -0.2) is 22.4 Å². The Kier molecular flexibility index (Phi) is 2.52. The quantitative estimate of drug-likeness (QED) is 0.528. The van der Waals surface area contributed by atoms with Crippen LogP contribution in [0.4, 0.5) is 13.2 Å². The molecule has 9 heavy (non-hydrogen) atoms. The van der Waals surface area contributed by atoms with Crippen LogP contribution in [0.25, 0.3) is 0 Å². The lowest BCUT2D eigenvalue weighted by Crippen LogP contribution is -2.40. The highest BCUT2D eigenvalue weighted by Gasteiger charge is 2.35. The van der Waals surface area contributed by atoms with Gasteiger partial charge < -0.3 is 0 Å². The molecule has 0 atom stereocenters. The molecule has 0 unspecified atom stereocenters. The summed E-state index contributed by atoms with van der Waals surface area (Å²) >= 11 is 0. The standard InChI is InChI=1S/C4H9F3Si2/c1-9(2,3)8-4(5,6)7/h1-3H3. The molecule has 0 saturated carbocycles. The van der Waals surface area contributed by atoms with Crippen LogP contribution in [0.2, 0.25) is 19.6 Å². The molecule has 0 aliphatic heterocycles. The smallest absolute Gasteiger partial charge is 0.178 e. The van der Waals surface area contributed by atoms with Crippen molar-refractivity contribution in [3.8, 4) is 0 Å².